The van der Waals surface area contributed by atoms with Crippen LogP contribution in [0, 0.1) is 0 Å². The summed E-state index contributed by atoms with van der Waals surface area (Å²) >= 11 is 5.80. The van der Waals surface area contributed by atoms with Crippen molar-refractivity contribution >= 4 is 11.6 Å². The molecule has 1 N–H and O–H groups in total. The standard InChI is InChI=1S/C14H10ClN3O2/c15-10-6-8-11(9-7-10)17-13(19)16-18(14(17)20)12-4-2-1-3-5-12/h1-9H,(H,16,19). The van der Waals surface area contributed by atoms with E-state index in [1.165, 1.54) is 4.68 Å². The molecular formula is C14H10ClN3O2. The van der Waals surface area contributed by atoms with Crippen molar-refractivity contribution in [2.75, 3.05) is 0 Å². The van der Waals surface area contributed by atoms with Gasteiger partial charge in [-0.25, -0.2) is 23.9 Å². The smallest absolute Gasteiger partial charge is 0.246 e. The molecule has 3 aromatic rings. The van der Waals surface area contributed by atoms with Gasteiger partial charge >= 0.3 is 11.4 Å². The van der Waals surface area contributed by atoms with Gasteiger partial charge < -0.3 is 0 Å². The van der Waals surface area contributed by atoms with Crippen molar-refractivity contribution in [3.05, 3.63) is 80.6 Å². The Morgan fingerprint density at radius 1 is 0.850 bits per heavy atom. The maximum absolute atomic E-state index is 12.3. The number of nitrogens with zero attached hydrogens (tertiary/aromatic N) is 2. The first-order valence-electron chi connectivity index (χ1n) is 5.92. The van der Waals surface area contributed by atoms with Crippen LogP contribution in [-0.2, 0) is 0 Å². The zero-order chi connectivity index (χ0) is 14.1. The van der Waals surface area contributed by atoms with Gasteiger partial charge in [-0.1, -0.05) is 29.8 Å². The summed E-state index contributed by atoms with van der Waals surface area (Å²) < 4.78 is 2.26. The van der Waals surface area contributed by atoms with Gasteiger partial charge in [0.1, 0.15) is 0 Å². The average molecular weight is 288 g/mol. The van der Waals surface area contributed by atoms with Crippen molar-refractivity contribution in [1.82, 2.24) is 14.3 Å². The lowest BCUT2D eigenvalue weighted by molar-refractivity contribution is 0.827. The van der Waals surface area contributed by atoms with Gasteiger partial charge in [-0.2, -0.15) is 0 Å². The fourth-order valence-corrected chi connectivity index (χ4v) is 2.08. The normalized spacial score (nSPS) is 10.7. The molecule has 1 aromatic heterocycles. The SMILES string of the molecule is O=c1[nH]n(-c2ccccc2)c(=O)n1-c1ccc(Cl)cc1. The highest BCUT2D eigenvalue weighted by atomic mass is 35.5. The second kappa shape index (κ2) is 4.86. The van der Waals surface area contributed by atoms with Gasteiger partial charge in [-0.05, 0) is 36.4 Å². The fraction of sp³-hybridized carbons (Fsp3) is 0. The van der Waals surface area contributed by atoms with E-state index in [0.717, 1.165) is 4.57 Å². The van der Waals surface area contributed by atoms with E-state index in [1.54, 1.807) is 48.5 Å². The van der Waals surface area contributed by atoms with Crippen molar-refractivity contribution < 1.29 is 0 Å². The summed E-state index contributed by atoms with van der Waals surface area (Å²) in [5.41, 5.74) is 0.113. The van der Waals surface area contributed by atoms with Gasteiger partial charge in [0.25, 0.3) is 0 Å². The lowest BCUT2D eigenvalue weighted by Crippen LogP contribution is -2.26. The Morgan fingerprint density at radius 3 is 2.15 bits per heavy atom. The molecule has 20 heavy (non-hydrogen) atoms. The summed E-state index contributed by atoms with van der Waals surface area (Å²) in [6.07, 6.45) is 0. The number of nitrogens with one attached hydrogen (secondary N) is 1. The molecule has 0 radical (unpaired) electrons. The topological polar surface area (TPSA) is 59.8 Å². The monoisotopic (exact) mass is 287 g/mol. The number of hydrogen-bond acceptors (Lipinski definition) is 2. The van der Waals surface area contributed by atoms with E-state index in [2.05, 4.69) is 5.10 Å². The molecule has 0 saturated heterocycles. The number of aromatic nitrogens is 3. The minimum Gasteiger partial charge on any atom is -0.246 e. The Bertz CT molecular complexity index is 845. The quantitative estimate of drug-likeness (QED) is 0.783. The molecule has 0 aliphatic carbocycles. The zero-order valence-electron chi connectivity index (χ0n) is 10.3. The summed E-state index contributed by atoms with van der Waals surface area (Å²) in [5.74, 6) is 0. The molecule has 0 aliphatic rings. The molecule has 0 aliphatic heterocycles. The molecule has 1 heterocycles. The predicted octanol–water partition coefficient (Wildman–Crippen LogP) is 1.97. The third kappa shape index (κ3) is 2.08. The summed E-state index contributed by atoms with van der Waals surface area (Å²) in [4.78, 5) is 24.3. The number of H-pyrrole nitrogens is 1. The maximum Gasteiger partial charge on any atom is 0.356 e. The van der Waals surface area contributed by atoms with Crippen molar-refractivity contribution in [2.24, 2.45) is 0 Å². The number of hydrogen-bond donors (Lipinski definition) is 1. The Balaban J connectivity index is 2.20. The van der Waals surface area contributed by atoms with Crippen molar-refractivity contribution in [1.29, 1.82) is 0 Å². The van der Waals surface area contributed by atoms with E-state index in [4.69, 9.17) is 11.6 Å². The third-order valence-electron chi connectivity index (χ3n) is 2.89. The van der Waals surface area contributed by atoms with E-state index < -0.39 is 11.4 Å². The van der Waals surface area contributed by atoms with Crippen LogP contribution < -0.4 is 11.4 Å². The van der Waals surface area contributed by atoms with Gasteiger partial charge in [0, 0.05) is 5.02 Å². The molecule has 0 fully saturated rings. The highest BCUT2D eigenvalue weighted by Crippen LogP contribution is 2.11. The van der Waals surface area contributed by atoms with Crippen LogP contribution in [0.3, 0.4) is 0 Å². The molecule has 0 bridgehead atoms. The van der Waals surface area contributed by atoms with Crippen LogP contribution >= 0.6 is 11.6 Å². The van der Waals surface area contributed by atoms with Gasteiger partial charge in [-0.15, -0.1) is 0 Å². The number of benzene rings is 2. The molecule has 2 aromatic carbocycles. The van der Waals surface area contributed by atoms with Gasteiger partial charge in [0.05, 0.1) is 11.4 Å². The number of rotatable bonds is 2. The molecule has 0 unspecified atom stereocenters. The molecular weight excluding hydrogens is 278 g/mol. The predicted molar refractivity (Wildman–Crippen MR) is 77.0 cm³/mol. The molecule has 0 amide bonds. The van der Waals surface area contributed by atoms with Crippen LogP contribution in [0.4, 0.5) is 0 Å². The van der Waals surface area contributed by atoms with Gasteiger partial charge in [0.15, 0.2) is 0 Å². The fourth-order valence-electron chi connectivity index (χ4n) is 1.95. The summed E-state index contributed by atoms with van der Waals surface area (Å²) in [6, 6.07) is 15.4. The molecule has 100 valence electrons. The first kappa shape index (κ1) is 12.5. The molecule has 0 saturated carbocycles. The Kier molecular flexibility index (Phi) is 3.04. The molecule has 0 spiro atoms. The van der Waals surface area contributed by atoms with Crippen LogP contribution in [0.15, 0.2) is 64.2 Å². The maximum atomic E-state index is 12.3. The minimum absolute atomic E-state index is 0.455. The van der Waals surface area contributed by atoms with Crippen molar-refractivity contribution in [2.45, 2.75) is 0 Å². The number of halogens is 1. The van der Waals surface area contributed by atoms with E-state index >= 15 is 0 Å². The summed E-state index contributed by atoms with van der Waals surface area (Å²) in [5, 5.41) is 3.06. The minimum atomic E-state index is -0.499. The van der Waals surface area contributed by atoms with Crippen LogP contribution in [0.25, 0.3) is 11.4 Å². The Hall–Kier alpha value is -2.53. The number of para-hydroxylation sites is 1. The van der Waals surface area contributed by atoms with Crippen LogP contribution in [0.1, 0.15) is 0 Å². The third-order valence-corrected chi connectivity index (χ3v) is 3.14. The van der Waals surface area contributed by atoms with E-state index in [0.29, 0.717) is 16.4 Å². The van der Waals surface area contributed by atoms with E-state index in [9.17, 15) is 9.59 Å². The van der Waals surface area contributed by atoms with Crippen molar-refractivity contribution in [3.8, 4) is 11.4 Å². The Morgan fingerprint density at radius 2 is 1.50 bits per heavy atom. The number of aromatic amines is 1. The lowest BCUT2D eigenvalue weighted by Gasteiger charge is -2.00. The van der Waals surface area contributed by atoms with Gasteiger partial charge in [-0.3, -0.25) is 0 Å². The highest BCUT2D eigenvalue weighted by molar-refractivity contribution is 6.30. The second-order valence-corrected chi connectivity index (χ2v) is 4.62. The average Bonchev–Trinajstić information content (AvgIpc) is 2.76. The summed E-state index contributed by atoms with van der Waals surface area (Å²) in [6.45, 7) is 0. The largest absolute Gasteiger partial charge is 0.356 e. The second-order valence-electron chi connectivity index (χ2n) is 4.18. The highest BCUT2D eigenvalue weighted by Gasteiger charge is 2.11. The van der Waals surface area contributed by atoms with Crippen molar-refractivity contribution in [3.63, 3.8) is 0 Å². The first-order valence-corrected chi connectivity index (χ1v) is 6.30. The Labute approximate surface area is 118 Å². The van der Waals surface area contributed by atoms with Crippen LogP contribution in [-0.4, -0.2) is 14.3 Å². The first-order chi connectivity index (χ1) is 9.66. The van der Waals surface area contributed by atoms with E-state index in [1.807, 2.05) is 6.07 Å². The van der Waals surface area contributed by atoms with Gasteiger partial charge in [0.2, 0.25) is 0 Å². The lowest BCUT2D eigenvalue weighted by atomic mass is 10.3. The van der Waals surface area contributed by atoms with E-state index in [-0.39, 0.29) is 0 Å². The molecule has 6 heteroatoms. The van der Waals surface area contributed by atoms with Crippen LogP contribution in [0.2, 0.25) is 5.02 Å². The molecule has 3 rings (SSSR count). The van der Waals surface area contributed by atoms with Crippen LogP contribution in [0.5, 0.6) is 0 Å². The molecule has 5 nitrogen and oxygen atoms in total. The zero-order valence-corrected chi connectivity index (χ0v) is 11.0. The molecule has 0 atom stereocenters. The summed E-state index contributed by atoms with van der Waals surface area (Å²) in [7, 11) is 0.